The van der Waals surface area contributed by atoms with Crippen LogP contribution in [0.4, 0.5) is 0 Å². The summed E-state index contributed by atoms with van der Waals surface area (Å²) in [7, 11) is 0. The zero-order valence-corrected chi connectivity index (χ0v) is 17.8. The SMILES string of the molecule is CCC=CC(C1=c2ccccc2=C2C=CC=CC21)C1c2ccccc2-c2ccccc21. The second kappa shape index (κ2) is 7.39. The lowest BCUT2D eigenvalue weighted by molar-refractivity contribution is 0.687. The first kappa shape index (κ1) is 18.4. The number of allylic oxidation sites excluding steroid dienone is 6. The van der Waals surface area contributed by atoms with Crippen LogP contribution in [0.5, 0.6) is 0 Å². The van der Waals surface area contributed by atoms with E-state index in [0.717, 1.165) is 6.42 Å². The maximum absolute atomic E-state index is 2.49. The van der Waals surface area contributed by atoms with Crippen molar-refractivity contribution >= 4 is 11.1 Å². The Morgan fingerprint density at radius 2 is 1.42 bits per heavy atom. The van der Waals surface area contributed by atoms with Crippen molar-refractivity contribution in [3.05, 3.63) is 131 Å². The molecule has 3 aliphatic rings. The van der Waals surface area contributed by atoms with Gasteiger partial charge < -0.3 is 0 Å². The average molecular weight is 399 g/mol. The van der Waals surface area contributed by atoms with Crippen LogP contribution in [-0.2, 0) is 0 Å². The van der Waals surface area contributed by atoms with Crippen LogP contribution in [0.1, 0.15) is 30.4 Å². The summed E-state index contributed by atoms with van der Waals surface area (Å²) in [6.45, 7) is 2.23. The van der Waals surface area contributed by atoms with E-state index in [9.17, 15) is 0 Å². The highest BCUT2D eigenvalue weighted by Gasteiger charge is 2.38. The molecular formula is C31H26. The van der Waals surface area contributed by atoms with Crippen molar-refractivity contribution in [2.24, 2.45) is 11.8 Å². The highest BCUT2D eigenvalue weighted by atomic mass is 14.4. The normalized spacial score (nSPS) is 19.5. The lowest BCUT2D eigenvalue weighted by Crippen LogP contribution is -2.26. The van der Waals surface area contributed by atoms with Gasteiger partial charge >= 0.3 is 0 Å². The first-order chi connectivity index (χ1) is 15.4. The van der Waals surface area contributed by atoms with E-state index in [4.69, 9.17) is 0 Å². The summed E-state index contributed by atoms with van der Waals surface area (Å²) in [5.74, 6) is 1.02. The van der Waals surface area contributed by atoms with Gasteiger partial charge in [0, 0.05) is 17.8 Å². The van der Waals surface area contributed by atoms with Crippen molar-refractivity contribution in [2.45, 2.75) is 19.3 Å². The fourth-order valence-electron chi connectivity index (χ4n) is 5.87. The molecule has 0 heteroatoms. The van der Waals surface area contributed by atoms with Gasteiger partial charge in [-0.25, -0.2) is 0 Å². The van der Waals surface area contributed by atoms with Crippen molar-refractivity contribution in [3.8, 4) is 11.1 Å². The molecule has 0 spiro atoms. The average Bonchev–Trinajstić information content (AvgIpc) is 3.34. The van der Waals surface area contributed by atoms with Crippen LogP contribution in [-0.4, -0.2) is 0 Å². The van der Waals surface area contributed by atoms with Crippen LogP contribution in [0.3, 0.4) is 0 Å². The quantitative estimate of drug-likeness (QED) is 0.463. The molecule has 0 N–H and O–H groups in total. The molecular weight excluding hydrogens is 372 g/mol. The molecule has 3 aromatic carbocycles. The van der Waals surface area contributed by atoms with Gasteiger partial charge in [-0.15, -0.1) is 0 Å². The first-order valence-corrected chi connectivity index (χ1v) is 11.4. The summed E-state index contributed by atoms with van der Waals surface area (Å²) in [6.07, 6.45) is 15.0. The standard InChI is InChI=1S/C31H26/c1-2-3-12-29(30-25-17-8-4-13-21(25)22-14-5-9-18-26(22)30)31-27-19-10-6-15-23(27)24-16-7-11-20-28(24)31/h3-20,25,29,31H,2H2,1H3. The summed E-state index contributed by atoms with van der Waals surface area (Å²) in [5.41, 5.74) is 8.71. The monoisotopic (exact) mass is 398 g/mol. The first-order valence-electron chi connectivity index (χ1n) is 11.4. The second-order valence-corrected chi connectivity index (χ2v) is 8.69. The van der Waals surface area contributed by atoms with Crippen LogP contribution < -0.4 is 10.4 Å². The molecule has 2 atom stereocenters. The Hall–Kier alpha value is -3.38. The number of hydrogen-bond acceptors (Lipinski definition) is 0. The lowest BCUT2D eigenvalue weighted by atomic mass is 9.74. The van der Waals surface area contributed by atoms with E-state index in [0.29, 0.717) is 17.8 Å². The highest BCUT2D eigenvalue weighted by Crippen LogP contribution is 2.52. The minimum atomic E-state index is 0.324. The zero-order valence-electron chi connectivity index (χ0n) is 17.8. The van der Waals surface area contributed by atoms with Crippen molar-refractivity contribution in [1.82, 2.24) is 0 Å². The highest BCUT2D eigenvalue weighted by molar-refractivity contribution is 5.85. The van der Waals surface area contributed by atoms with Gasteiger partial charge in [-0.05, 0) is 50.3 Å². The summed E-state index contributed by atoms with van der Waals surface area (Å²) < 4.78 is 0. The van der Waals surface area contributed by atoms with Crippen LogP contribution in [0, 0.1) is 11.8 Å². The molecule has 0 aromatic heterocycles. The third-order valence-electron chi connectivity index (χ3n) is 7.09. The van der Waals surface area contributed by atoms with E-state index >= 15 is 0 Å². The molecule has 0 nitrogen and oxygen atoms in total. The lowest BCUT2D eigenvalue weighted by Gasteiger charge is -2.29. The summed E-state index contributed by atoms with van der Waals surface area (Å²) >= 11 is 0. The summed E-state index contributed by atoms with van der Waals surface area (Å²) in [5, 5.41) is 2.82. The third kappa shape index (κ3) is 2.75. The Kier molecular flexibility index (Phi) is 4.39. The fourth-order valence-corrected chi connectivity index (χ4v) is 5.87. The molecule has 6 rings (SSSR count). The molecule has 0 saturated heterocycles. The minimum Gasteiger partial charge on any atom is -0.0882 e. The maximum atomic E-state index is 2.49. The predicted octanol–water partition coefficient (Wildman–Crippen LogP) is 6.14. The molecule has 0 saturated carbocycles. The predicted molar refractivity (Wildman–Crippen MR) is 131 cm³/mol. The number of hydrogen-bond donors (Lipinski definition) is 0. The van der Waals surface area contributed by atoms with Crippen LogP contribution in [0.2, 0.25) is 0 Å². The number of rotatable bonds is 4. The molecule has 0 heterocycles. The molecule has 150 valence electrons. The van der Waals surface area contributed by atoms with Gasteiger partial charge in [0.2, 0.25) is 0 Å². The van der Waals surface area contributed by atoms with Gasteiger partial charge in [0.15, 0.2) is 0 Å². The van der Waals surface area contributed by atoms with Crippen molar-refractivity contribution in [1.29, 1.82) is 0 Å². The molecule has 0 fully saturated rings. The second-order valence-electron chi connectivity index (χ2n) is 8.69. The van der Waals surface area contributed by atoms with Gasteiger partial charge in [-0.2, -0.15) is 0 Å². The van der Waals surface area contributed by atoms with Crippen molar-refractivity contribution < 1.29 is 0 Å². The summed E-state index contributed by atoms with van der Waals surface area (Å²) in [4.78, 5) is 0. The van der Waals surface area contributed by atoms with Crippen LogP contribution >= 0.6 is 0 Å². The molecule has 3 aliphatic carbocycles. The molecule has 0 aliphatic heterocycles. The Bertz CT molecular complexity index is 1330. The molecule has 0 amide bonds. The Labute approximate surface area is 184 Å². The largest absolute Gasteiger partial charge is 0.0882 e. The zero-order chi connectivity index (χ0) is 20.8. The Balaban J connectivity index is 1.64. The van der Waals surface area contributed by atoms with E-state index < -0.39 is 0 Å². The molecule has 0 radical (unpaired) electrons. The van der Waals surface area contributed by atoms with E-state index in [2.05, 4.69) is 116 Å². The number of benzene rings is 3. The third-order valence-corrected chi connectivity index (χ3v) is 7.09. The molecule has 3 aromatic rings. The van der Waals surface area contributed by atoms with Gasteiger partial charge in [0.25, 0.3) is 0 Å². The van der Waals surface area contributed by atoms with E-state index in [1.165, 1.54) is 38.3 Å². The van der Waals surface area contributed by atoms with Crippen LogP contribution in [0.15, 0.2) is 109 Å². The van der Waals surface area contributed by atoms with Gasteiger partial charge in [-0.1, -0.05) is 116 Å². The Morgan fingerprint density at radius 1 is 0.774 bits per heavy atom. The van der Waals surface area contributed by atoms with Gasteiger partial charge in [-0.3, -0.25) is 0 Å². The number of fused-ring (bicyclic) bond motifs is 5. The van der Waals surface area contributed by atoms with Crippen LogP contribution in [0.25, 0.3) is 22.3 Å². The maximum Gasteiger partial charge on any atom is 0.0253 e. The topological polar surface area (TPSA) is 0 Å². The molecule has 31 heavy (non-hydrogen) atoms. The smallest absolute Gasteiger partial charge is 0.0253 e. The van der Waals surface area contributed by atoms with E-state index in [1.807, 2.05) is 0 Å². The van der Waals surface area contributed by atoms with E-state index in [1.54, 1.807) is 5.57 Å². The van der Waals surface area contributed by atoms with E-state index in [-0.39, 0.29) is 0 Å². The van der Waals surface area contributed by atoms with Gasteiger partial charge in [0.05, 0.1) is 0 Å². The van der Waals surface area contributed by atoms with Crippen molar-refractivity contribution in [3.63, 3.8) is 0 Å². The Morgan fingerprint density at radius 3 is 2.13 bits per heavy atom. The minimum absolute atomic E-state index is 0.324. The van der Waals surface area contributed by atoms with Crippen molar-refractivity contribution in [2.75, 3.05) is 0 Å². The molecule has 2 unspecified atom stereocenters. The fraction of sp³-hybridized carbons (Fsp3) is 0.161. The molecule has 0 bridgehead atoms. The van der Waals surface area contributed by atoms with Gasteiger partial charge in [0.1, 0.15) is 0 Å². The summed E-state index contributed by atoms with van der Waals surface area (Å²) in [6, 6.07) is 27.0.